The lowest BCUT2D eigenvalue weighted by molar-refractivity contribution is -0.165. The molecule has 0 saturated heterocycles. The van der Waals surface area contributed by atoms with Crippen molar-refractivity contribution in [3.05, 3.63) is 0 Å². The zero-order valence-electron chi connectivity index (χ0n) is 7.58. The Morgan fingerprint density at radius 2 is 1.75 bits per heavy atom. The summed E-state index contributed by atoms with van der Waals surface area (Å²) in [5.74, 6) is -0.439. The molecule has 3 nitrogen and oxygen atoms in total. The van der Waals surface area contributed by atoms with Gasteiger partial charge in [-0.3, -0.25) is 0 Å². The summed E-state index contributed by atoms with van der Waals surface area (Å²) in [4.78, 5) is 10.7. The minimum atomic E-state index is -1.46. The smallest absolute Gasteiger partial charge is 0.335 e. The van der Waals surface area contributed by atoms with Gasteiger partial charge in [0.05, 0.1) is 0 Å². The highest BCUT2D eigenvalue weighted by Crippen LogP contribution is 2.35. The van der Waals surface area contributed by atoms with Crippen LogP contribution in [0.2, 0.25) is 0 Å². The van der Waals surface area contributed by atoms with Crippen molar-refractivity contribution in [3.8, 4) is 0 Å². The van der Waals surface area contributed by atoms with Gasteiger partial charge in [-0.1, -0.05) is 13.8 Å². The minimum Gasteiger partial charge on any atom is -0.479 e. The van der Waals surface area contributed by atoms with Crippen LogP contribution in [0, 0.1) is 11.8 Å². The number of hydrogen-bond donors (Lipinski definition) is 2. The van der Waals surface area contributed by atoms with E-state index in [0.29, 0.717) is 24.7 Å². The summed E-state index contributed by atoms with van der Waals surface area (Å²) in [6.45, 7) is 3.98. The molecule has 1 aliphatic rings. The van der Waals surface area contributed by atoms with Gasteiger partial charge in [0.2, 0.25) is 0 Å². The van der Waals surface area contributed by atoms with E-state index in [4.69, 9.17) is 5.11 Å². The molecular formula is C9H16O3. The maximum atomic E-state index is 10.7. The molecule has 0 heterocycles. The molecule has 3 heteroatoms. The van der Waals surface area contributed by atoms with E-state index in [-0.39, 0.29) is 0 Å². The molecule has 1 saturated carbocycles. The highest BCUT2D eigenvalue weighted by atomic mass is 16.4. The topological polar surface area (TPSA) is 57.5 Å². The molecule has 0 aromatic carbocycles. The van der Waals surface area contributed by atoms with E-state index in [1.165, 1.54) is 0 Å². The van der Waals surface area contributed by atoms with Crippen molar-refractivity contribution >= 4 is 5.97 Å². The van der Waals surface area contributed by atoms with Gasteiger partial charge < -0.3 is 10.2 Å². The second-order valence-corrected chi connectivity index (χ2v) is 4.19. The van der Waals surface area contributed by atoms with Gasteiger partial charge in [-0.25, -0.2) is 4.79 Å². The zero-order valence-corrected chi connectivity index (χ0v) is 7.58. The van der Waals surface area contributed by atoms with Gasteiger partial charge in [0, 0.05) is 0 Å². The van der Waals surface area contributed by atoms with Crippen LogP contribution >= 0.6 is 0 Å². The van der Waals surface area contributed by atoms with Crippen molar-refractivity contribution in [2.24, 2.45) is 11.8 Å². The molecule has 2 atom stereocenters. The van der Waals surface area contributed by atoms with E-state index in [2.05, 4.69) is 0 Å². The van der Waals surface area contributed by atoms with Gasteiger partial charge in [-0.15, -0.1) is 0 Å². The molecule has 0 aromatic rings. The molecule has 1 aliphatic carbocycles. The summed E-state index contributed by atoms with van der Waals surface area (Å²) in [7, 11) is 0. The monoisotopic (exact) mass is 172 g/mol. The fourth-order valence-corrected chi connectivity index (χ4v) is 2.26. The van der Waals surface area contributed by atoms with Crippen LogP contribution in [0.4, 0.5) is 0 Å². The molecule has 0 amide bonds. The Morgan fingerprint density at radius 1 is 1.33 bits per heavy atom. The second-order valence-electron chi connectivity index (χ2n) is 4.19. The first-order chi connectivity index (χ1) is 5.44. The molecule has 0 bridgehead atoms. The summed E-state index contributed by atoms with van der Waals surface area (Å²) in [5, 5.41) is 18.5. The first kappa shape index (κ1) is 9.52. The molecule has 70 valence electrons. The van der Waals surface area contributed by atoms with E-state index in [9.17, 15) is 9.90 Å². The normalized spacial score (nSPS) is 42.6. The van der Waals surface area contributed by atoms with Crippen LogP contribution in [0.3, 0.4) is 0 Å². The molecule has 0 unspecified atom stereocenters. The van der Waals surface area contributed by atoms with Crippen molar-refractivity contribution in [1.29, 1.82) is 0 Å². The third kappa shape index (κ3) is 1.78. The molecule has 0 aliphatic heterocycles. The largest absolute Gasteiger partial charge is 0.479 e. The average Bonchev–Trinajstić information content (AvgIpc) is 1.82. The molecule has 2 N–H and O–H groups in total. The minimum absolute atomic E-state index is 0.315. The Balaban J connectivity index is 2.71. The van der Waals surface area contributed by atoms with Crippen LogP contribution in [-0.4, -0.2) is 21.8 Å². The number of rotatable bonds is 1. The van der Waals surface area contributed by atoms with Gasteiger partial charge in [0.25, 0.3) is 0 Å². The third-order valence-electron chi connectivity index (χ3n) is 2.58. The molecule has 0 radical (unpaired) electrons. The lowest BCUT2D eigenvalue weighted by Crippen LogP contribution is -2.44. The summed E-state index contributed by atoms with van der Waals surface area (Å²) in [5.41, 5.74) is -1.46. The Labute approximate surface area is 72.4 Å². The molecule has 1 fully saturated rings. The molecule has 0 aromatic heterocycles. The lowest BCUT2D eigenvalue weighted by atomic mass is 9.74. The van der Waals surface area contributed by atoms with Gasteiger partial charge in [-0.2, -0.15) is 0 Å². The van der Waals surface area contributed by atoms with E-state index < -0.39 is 11.6 Å². The fraction of sp³-hybridized carbons (Fsp3) is 0.889. The summed E-state index contributed by atoms with van der Waals surface area (Å²) >= 11 is 0. The number of carbonyl (C=O) groups is 1. The lowest BCUT2D eigenvalue weighted by Gasteiger charge is -2.35. The molecule has 12 heavy (non-hydrogen) atoms. The molecular weight excluding hydrogens is 156 g/mol. The average molecular weight is 172 g/mol. The van der Waals surface area contributed by atoms with Crippen molar-refractivity contribution in [3.63, 3.8) is 0 Å². The van der Waals surface area contributed by atoms with E-state index in [1.54, 1.807) is 0 Å². The van der Waals surface area contributed by atoms with Crippen molar-refractivity contribution in [2.75, 3.05) is 0 Å². The second kappa shape index (κ2) is 3.05. The van der Waals surface area contributed by atoms with Crippen LogP contribution in [0.5, 0.6) is 0 Å². The van der Waals surface area contributed by atoms with Crippen molar-refractivity contribution in [1.82, 2.24) is 0 Å². The van der Waals surface area contributed by atoms with Crippen LogP contribution in [0.15, 0.2) is 0 Å². The van der Waals surface area contributed by atoms with Gasteiger partial charge in [-0.05, 0) is 31.1 Å². The van der Waals surface area contributed by atoms with E-state index >= 15 is 0 Å². The van der Waals surface area contributed by atoms with Crippen LogP contribution in [0.1, 0.15) is 33.1 Å². The highest BCUT2D eigenvalue weighted by molar-refractivity contribution is 5.77. The first-order valence-electron chi connectivity index (χ1n) is 4.40. The SMILES string of the molecule is C[C@@H]1C[C@@H](C)CC(O)(C(=O)O)C1. The Morgan fingerprint density at radius 3 is 2.08 bits per heavy atom. The number of carboxylic acids is 1. The third-order valence-corrected chi connectivity index (χ3v) is 2.58. The predicted molar refractivity (Wildman–Crippen MR) is 44.8 cm³/mol. The maximum absolute atomic E-state index is 10.7. The number of aliphatic carboxylic acids is 1. The standard InChI is InChI=1S/C9H16O3/c1-6-3-7(2)5-9(12,4-6)8(10)11/h6-7,12H,3-5H2,1-2H3,(H,10,11)/t6-,7-/m1/s1. The Hall–Kier alpha value is -0.570. The number of carboxylic acid groups (broad SMARTS) is 1. The van der Waals surface area contributed by atoms with Gasteiger partial charge in [0.1, 0.15) is 0 Å². The Kier molecular flexibility index (Phi) is 2.42. The van der Waals surface area contributed by atoms with Crippen LogP contribution in [0.25, 0.3) is 0 Å². The van der Waals surface area contributed by atoms with E-state index in [1.807, 2.05) is 13.8 Å². The highest BCUT2D eigenvalue weighted by Gasteiger charge is 2.42. The summed E-state index contributed by atoms with van der Waals surface area (Å²) < 4.78 is 0. The predicted octanol–water partition coefficient (Wildman–Crippen LogP) is 1.26. The maximum Gasteiger partial charge on any atom is 0.335 e. The van der Waals surface area contributed by atoms with Crippen molar-refractivity contribution in [2.45, 2.75) is 38.7 Å². The van der Waals surface area contributed by atoms with Gasteiger partial charge >= 0.3 is 5.97 Å². The Bertz CT molecular complexity index is 178. The summed E-state index contributed by atoms with van der Waals surface area (Å²) in [6, 6.07) is 0. The van der Waals surface area contributed by atoms with Crippen LogP contribution in [-0.2, 0) is 4.79 Å². The molecule has 1 rings (SSSR count). The summed E-state index contributed by atoms with van der Waals surface area (Å²) in [6.07, 6.45) is 1.81. The quantitative estimate of drug-likeness (QED) is 0.626. The van der Waals surface area contributed by atoms with Crippen molar-refractivity contribution < 1.29 is 15.0 Å². The number of hydrogen-bond acceptors (Lipinski definition) is 2. The number of aliphatic hydroxyl groups is 1. The van der Waals surface area contributed by atoms with E-state index in [0.717, 1.165) is 6.42 Å². The molecule has 0 spiro atoms. The van der Waals surface area contributed by atoms with Crippen LogP contribution < -0.4 is 0 Å². The zero-order chi connectivity index (χ0) is 9.35. The first-order valence-corrected chi connectivity index (χ1v) is 4.40. The van der Waals surface area contributed by atoms with Gasteiger partial charge in [0.15, 0.2) is 5.60 Å². The fourth-order valence-electron chi connectivity index (χ4n) is 2.26.